The second-order valence-electron chi connectivity index (χ2n) is 6.31. The van der Waals surface area contributed by atoms with Gasteiger partial charge in [0.1, 0.15) is 6.04 Å². The van der Waals surface area contributed by atoms with E-state index in [2.05, 4.69) is 10.1 Å². The number of carboxylic acid groups (broad SMARTS) is 1. The number of piperidine rings is 1. The molecule has 1 N–H and O–H groups in total. The lowest BCUT2D eigenvalue weighted by atomic mass is 10.0. The highest BCUT2D eigenvalue weighted by molar-refractivity contribution is 6.30. The molecule has 0 spiro atoms. The van der Waals surface area contributed by atoms with Gasteiger partial charge in [0.15, 0.2) is 0 Å². The first-order valence-electron chi connectivity index (χ1n) is 8.65. The van der Waals surface area contributed by atoms with Crippen molar-refractivity contribution in [3.05, 3.63) is 35.2 Å². The Balaban J connectivity index is 1.52. The quantitative estimate of drug-likeness (QED) is 0.830. The number of benzene rings is 1. The minimum atomic E-state index is -0.928. The van der Waals surface area contributed by atoms with E-state index in [0.29, 0.717) is 42.5 Å². The molecule has 1 aliphatic rings. The van der Waals surface area contributed by atoms with E-state index in [1.54, 1.807) is 12.1 Å². The number of carbonyl (C=O) groups is 2. The maximum Gasteiger partial charge on any atom is 0.326 e. The van der Waals surface area contributed by atoms with Crippen molar-refractivity contribution < 1.29 is 19.2 Å². The van der Waals surface area contributed by atoms with Crippen LogP contribution in [0.2, 0.25) is 5.02 Å². The van der Waals surface area contributed by atoms with Gasteiger partial charge in [-0.25, -0.2) is 4.79 Å². The van der Waals surface area contributed by atoms with Crippen molar-refractivity contribution in [3.63, 3.8) is 0 Å². The number of likely N-dealkylation sites (tertiary alicyclic amines) is 1. The maximum absolute atomic E-state index is 12.3. The van der Waals surface area contributed by atoms with Gasteiger partial charge < -0.3 is 14.5 Å². The van der Waals surface area contributed by atoms with Crippen molar-refractivity contribution >= 4 is 23.5 Å². The van der Waals surface area contributed by atoms with E-state index < -0.39 is 12.0 Å². The number of hydrogen-bond donors (Lipinski definition) is 1. The largest absolute Gasteiger partial charge is 0.480 e. The third-order valence-corrected chi connectivity index (χ3v) is 4.71. The topological polar surface area (TPSA) is 96.5 Å². The summed E-state index contributed by atoms with van der Waals surface area (Å²) in [5.41, 5.74) is 0.804. The normalized spacial score (nSPS) is 17.3. The first-order valence-corrected chi connectivity index (χ1v) is 9.03. The molecule has 7 nitrogen and oxygen atoms in total. The molecular formula is C18H20ClN3O4. The predicted octanol–water partition coefficient (Wildman–Crippen LogP) is 3.18. The van der Waals surface area contributed by atoms with Crippen molar-refractivity contribution in [2.45, 2.75) is 44.6 Å². The molecule has 3 rings (SSSR count). The Hall–Kier alpha value is -2.41. The Bertz CT molecular complexity index is 775. The molecule has 2 heterocycles. The molecule has 1 unspecified atom stereocenters. The smallest absolute Gasteiger partial charge is 0.326 e. The van der Waals surface area contributed by atoms with E-state index in [1.165, 1.54) is 4.90 Å². The highest BCUT2D eigenvalue weighted by Gasteiger charge is 2.31. The standard InChI is InChI=1S/C18H20ClN3O4/c19-13-9-7-12(8-10-13)17-20-15(26-21-17)5-3-6-16(23)22-11-2-1-4-14(22)18(24)25/h7-10,14H,1-6,11H2,(H,24,25). The lowest BCUT2D eigenvalue weighted by Crippen LogP contribution is -2.47. The second kappa shape index (κ2) is 8.31. The molecule has 1 aliphatic heterocycles. The van der Waals surface area contributed by atoms with Crippen LogP contribution in [-0.4, -0.2) is 44.6 Å². The summed E-state index contributed by atoms with van der Waals surface area (Å²) in [7, 11) is 0. The van der Waals surface area contributed by atoms with E-state index >= 15 is 0 Å². The lowest BCUT2D eigenvalue weighted by Gasteiger charge is -2.33. The molecule has 0 bridgehead atoms. The number of aromatic nitrogens is 2. The van der Waals surface area contributed by atoms with Gasteiger partial charge in [-0.05, 0) is 49.9 Å². The Morgan fingerprint density at radius 3 is 2.77 bits per heavy atom. The second-order valence-corrected chi connectivity index (χ2v) is 6.75. The van der Waals surface area contributed by atoms with Crippen LogP contribution in [0.3, 0.4) is 0 Å². The van der Waals surface area contributed by atoms with Gasteiger partial charge >= 0.3 is 5.97 Å². The summed E-state index contributed by atoms with van der Waals surface area (Å²) >= 11 is 5.86. The van der Waals surface area contributed by atoms with E-state index in [0.717, 1.165) is 18.4 Å². The molecule has 1 saturated heterocycles. The number of nitrogens with zero attached hydrogens (tertiary/aromatic N) is 3. The average Bonchev–Trinajstić information content (AvgIpc) is 3.11. The van der Waals surface area contributed by atoms with E-state index in [-0.39, 0.29) is 12.3 Å². The molecule has 1 aromatic carbocycles. The van der Waals surface area contributed by atoms with Crippen LogP contribution in [0.5, 0.6) is 0 Å². The van der Waals surface area contributed by atoms with Gasteiger partial charge in [0.25, 0.3) is 0 Å². The predicted molar refractivity (Wildman–Crippen MR) is 94.7 cm³/mol. The highest BCUT2D eigenvalue weighted by atomic mass is 35.5. The third-order valence-electron chi connectivity index (χ3n) is 4.46. The van der Waals surface area contributed by atoms with Gasteiger partial charge in [-0.2, -0.15) is 4.98 Å². The zero-order valence-corrected chi connectivity index (χ0v) is 15.0. The Morgan fingerprint density at radius 1 is 1.27 bits per heavy atom. The summed E-state index contributed by atoms with van der Waals surface area (Å²) in [6, 6.07) is 6.42. The minimum Gasteiger partial charge on any atom is -0.480 e. The maximum atomic E-state index is 12.3. The molecule has 8 heteroatoms. The van der Waals surface area contributed by atoms with Gasteiger partial charge in [0.05, 0.1) is 0 Å². The summed E-state index contributed by atoms with van der Waals surface area (Å²) in [4.78, 5) is 29.4. The highest BCUT2D eigenvalue weighted by Crippen LogP contribution is 2.21. The number of aryl methyl sites for hydroxylation is 1. The fraction of sp³-hybridized carbons (Fsp3) is 0.444. The van der Waals surface area contributed by atoms with Crippen LogP contribution in [0.25, 0.3) is 11.4 Å². The van der Waals surface area contributed by atoms with Crippen molar-refractivity contribution in [1.29, 1.82) is 0 Å². The molecule has 0 saturated carbocycles. The number of aliphatic carboxylic acids is 1. The lowest BCUT2D eigenvalue weighted by molar-refractivity contribution is -0.152. The van der Waals surface area contributed by atoms with Crippen molar-refractivity contribution in [1.82, 2.24) is 15.0 Å². The fourth-order valence-electron chi connectivity index (χ4n) is 3.09. The number of hydrogen-bond acceptors (Lipinski definition) is 5. The molecular weight excluding hydrogens is 358 g/mol. The van der Waals surface area contributed by atoms with Gasteiger partial charge in [-0.15, -0.1) is 0 Å². The molecule has 1 aromatic heterocycles. The van der Waals surface area contributed by atoms with Crippen LogP contribution < -0.4 is 0 Å². The molecule has 26 heavy (non-hydrogen) atoms. The van der Waals surface area contributed by atoms with E-state index in [9.17, 15) is 14.7 Å². The van der Waals surface area contributed by atoms with Crippen molar-refractivity contribution in [3.8, 4) is 11.4 Å². The minimum absolute atomic E-state index is 0.130. The van der Waals surface area contributed by atoms with Gasteiger partial charge in [0.2, 0.25) is 17.6 Å². The van der Waals surface area contributed by atoms with Gasteiger partial charge in [0, 0.05) is 30.0 Å². The zero-order chi connectivity index (χ0) is 18.5. The molecule has 1 atom stereocenters. The van der Waals surface area contributed by atoms with Gasteiger partial charge in [-0.3, -0.25) is 4.79 Å². The number of halogens is 1. The molecule has 1 amide bonds. The Morgan fingerprint density at radius 2 is 2.04 bits per heavy atom. The average molecular weight is 378 g/mol. The van der Waals surface area contributed by atoms with Crippen LogP contribution in [-0.2, 0) is 16.0 Å². The Kier molecular flexibility index (Phi) is 5.88. The SMILES string of the molecule is O=C(O)C1CCCCN1C(=O)CCCc1nc(-c2ccc(Cl)cc2)no1. The molecule has 1 fully saturated rings. The number of carbonyl (C=O) groups excluding carboxylic acids is 1. The number of carboxylic acids is 1. The fourth-order valence-corrected chi connectivity index (χ4v) is 3.22. The van der Waals surface area contributed by atoms with Crippen molar-refractivity contribution in [2.24, 2.45) is 0 Å². The molecule has 0 aliphatic carbocycles. The van der Waals surface area contributed by atoms with Crippen LogP contribution in [0.1, 0.15) is 38.0 Å². The van der Waals surface area contributed by atoms with E-state index in [1.807, 2.05) is 12.1 Å². The van der Waals surface area contributed by atoms with Crippen LogP contribution in [0.15, 0.2) is 28.8 Å². The summed E-state index contributed by atoms with van der Waals surface area (Å²) < 4.78 is 5.22. The van der Waals surface area contributed by atoms with Crippen molar-refractivity contribution in [2.75, 3.05) is 6.54 Å². The zero-order valence-electron chi connectivity index (χ0n) is 14.2. The first kappa shape index (κ1) is 18.4. The molecule has 138 valence electrons. The summed E-state index contributed by atoms with van der Waals surface area (Å²) in [6.07, 6.45) is 3.49. The summed E-state index contributed by atoms with van der Waals surface area (Å²) in [6.45, 7) is 0.511. The van der Waals surface area contributed by atoms with Crippen LogP contribution in [0.4, 0.5) is 0 Å². The molecule has 0 radical (unpaired) electrons. The summed E-state index contributed by atoms with van der Waals surface area (Å²) in [5, 5.41) is 13.8. The van der Waals surface area contributed by atoms with Crippen LogP contribution >= 0.6 is 11.6 Å². The monoisotopic (exact) mass is 377 g/mol. The Labute approximate surface area is 155 Å². The van der Waals surface area contributed by atoms with Crippen LogP contribution in [0, 0.1) is 0 Å². The number of rotatable bonds is 6. The van der Waals surface area contributed by atoms with E-state index in [4.69, 9.17) is 16.1 Å². The molecule has 2 aromatic rings. The first-order chi connectivity index (χ1) is 12.5. The summed E-state index contributed by atoms with van der Waals surface area (Å²) in [5.74, 6) is -0.127. The number of amides is 1. The third kappa shape index (κ3) is 4.40. The van der Waals surface area contributed by atoms with Gasteiger partial charge in [-0.1, -0.05) is 16.8 Å².